The molecule has 0 fully saturated rings. The van der Waals surface area contributed by atoms with Crippen LogP contribution in [0, 0.1) is 11.3 Å². The Bertz CT molecular complexity index is 325. The summed E-state index contributed by atoms with van der Waals surface area (Å²) in [4.78, 5) is 10.4. The van der Waals surface area contributed by atoms with Gasteiger partial charge in [-0.25, -0.2) is 4.79 Å². The average molecular weight is 166 g/mol. The van der Waals surface area contributed by atoms with Crippen LogP contribution in [0.5, 0.6) is 0 Å². The second-order valence-corrected chi connectivity index (χ2v) is 2.08. The van der Waals surface area contributed by atoms with Crippen LogP contribution in [0.4, 0.5) is 0 Å². The zero-order chi connectivity index (χ0) is 8.97. The molecule has 0 radical (unpaired) electrons. The van der Waals surface area contributed by atoms with E-state index in [9.17, 15) is 4.79 Å². The Kier molecular flexibility index (Phi) is 2.38. The van der Waals surface area contributed by atoms with Crippen molar-refractivity contribution in [3.8, 4) is 6.07 Å². The lowest BCUT2D eigenvalue weighted by atomic mass is 10.2. The molecule has 12 heavy (non-hydrogen) atoms. The summed E-state index contributed by atoms with van der Waals surface area (Å²) in [5.74, 6) is -1.13. The predicted octanol–water partition coefficient (Wildman–Crippen LogP) is -0.0409. The molecule has 6 nitrogen and oxygen atoms in total. The third kappa shape index (κ3) is 1.58. The van der Waals surface area contributed by atoms with Gasteiger partial charge in [0.2, 0.25) is 0 Å². The van der Waals surface area contributed by atoms with Crippen LogP contribution in [0.15, 0.2) is 0 Å². The first kappa shape index (κ1) is 8.20. The van der Waals surface area contributed by atoms with E-state index < -0.39 is 5.97 Å². The largest absolute Gasteiger partial charge is 0.476 e. The van der Waals surface area contributed by atoms with Crippen LogP contribution >= 0.6 is 0 Å². The molecule has 1 rings (SSSR count). The number of aromatic carboxylic acids is 1. The molecule has 0 bridgehead atoms. The van der Waals surface area contributed by atoms with E-state index >= 15 is 0 Å². The van der Waals surface area contributed by atoms with Gasteiger partial charge in [0, 0.05) is 12.8 Å². The van der Waals surface area contributed by atoms with Crippen molar-refractivity contribution in [2.75, 3.05) is 0 Å². The van der Waals surface area contributed by atoms with Crippen molar-refractivity contribution >= 4 is 5.97 Å². The summed E-state index contributed by atoms with van der Waals surface area (Å²) < 4.78 is 0. The number of hydrogen-bond donors (Lipinski definition) is 2. The minimum absolute atomic E-state index is 0.106. The van der Waals surface area contributed by atoms with Gasteiger partial charge in [0.1, 0.15) is 0 Å². The highest BCUT2D eigenvalue weighted by atomic mass is 16.4. The zero-order valence-electron chi connectivity index (χ0n) is 6.11. The number of nitrogens with zero attached hydrogens (tertiary/aromatic N) is 3. The van der Waals surface area contributed by atoms with Crippen molar-refractivity contribution in [1.82, 2.24) is 15.4 Å². The minimum atomic E-state index is -1.13. The standard InChI is InChI=1S/C6H6N4O2/c7-3-1-2-4-5(6(11)12)9-10-8-4/h1-2H2,(H,11,12)(H,8,9,10). The van der Waals surface area contributed by atoms with E-state index in [0.29, 0.717) is 12.1 Å². The fourth-order valence-electron chi connectivity index (χ4n) is 0.773. The second kappa shape index (κ2) is 3.48. The Hall–Kier alpha value is -1.90. The van der Waals surface area contributed by atoms with Crippen LogP contribution in [0.3, 0.4) is 0 Å². The lowest BCUT2D eigenvalue weighted by molar-refractivity contribution is 0.0689. The quantitative estimate of drug-likeness (QED) is 0.655. The number of nitrogens with one attached hydrogen (secondary N) is 1. The molecule has 0 atom stereocenters. The number of aromatic nitrogens is 3. The van der Waals surface area contributed by atoms with Crippen molar-refractivity contribution < 1.29 is 9.90 Å². The van der Waals surface area contributed by atoms with Gasteiger partial charge in [-0.05, 0) is 0 Å². The molecule has 6 heteroatoms. The summed E-state index contributed by atoms with van der Waals surface area (Å²) in [5, 5.41) is 26.0. The number of aryl methyl sites for hydroxylation is 1. The molecule has 1 heterocycles. The third-order valence-electron chi connectivity index (χ3n) is 1.30. The Morgan fingerprint density at radius 2 is 2.42 bits per heavy atom. The minimum Gasteiger partial charge on any atom is -0.476 e. The van der Waals surface area contributed by atoms with Crippen LogP contribution in [0.2, 0.25) is 0 Å². The molecule has 0 spiro atoms. The number of rotatable bonds is 3. The fraction of sp³-hybridized carbons (Fsp3) is 0.333. The fourth-order valence-corrected chi connectivity index (χ4v) is 0.773. The molecular weight excluding hydrogens is 160 g/mol. The maximum absolute atomic E-state index is 10.4. The molecule has 0 aromatic carbocycles. The normalized spacial score (nSPS) is 9.25. The van der Waals surface area contributed by atoms with Gasteiger partial charge in [0.15, 0.2) is 5.69 Å². The highest BCUT2D eigenvalue weighted by Gasteiger charge is 2.13. The van der Waals surface area contributed by atoms with E-state index in [2.05, 4.69) is 15.4 Å². The Morgan fingerprint density at radius 3 is 3.00 bits per heavy atom. The molecule has 1 aromatic rings. The van der Waals surface area contributed by atoms with Gasteiger partial charge in [-0.2, -0.15) is 15.6 Å². The third-order valence-corrected chi connectivity index (χ3v) is 1.30. The van der Waals surface area contributed by atoms with Crippen molar-refractivity contribution in [2.24, 2.45) is 0 Å². The molecule has 0 unspecified atom stereocenters. The van der Waals surface area contributed by atoms with Crippen LogP contribution in [-0.4, -0.2) is 26.5 Å². The molecule has 0 saturated carbocycles. The Labute approximate surface area is 67.8 Å². The maximum atomic E-state index is 10.4. The summed E-state index contributed by atoms with van der Waals surface area (Å²) >= 11 is 0. The first-order valence-corrected chi connectivity index (χ1v) is 3.25. The van der Waals surface area contributed by atoms with Gasteiger partial charge in [0.05, 0.1) is 11.8 Å². The van der Waals surface area contributed by atoms with E-state index in [1.807, 2.05) is 6.07 Å². The molecule has 62 valence electrons. The van der Waals surface area contributed by atoms with E-state index in [1.165, 1.54) is 0 Å². The van der Waals surface area contributed by atoms with Gasteiger partial charge in [0.25, 0.3) is 0 Å². The van der Waals surface area contributed by atoms with Crippen molar-refractivity contribution in [1.29, 1.82) is 5.26 Å². The molecule has 0 saturated heterocycles. The molecule has 2 N–H and O–H groups in total. The van der Waals surface area contributed by atoms with Crippen LogP contribution in [0.25, 0.3) is 0 Å². The van der Waals surface area contributed by atoms with Gasteiger partial charge >= 0.3 is 5.97 Å². The molecule has 0 aliphatic carbocycles. The van der Waals surface area contributed by atoms with Crippen LogP contribution < -0.4 is 0 Å². The van der Waals surface area contributed by atoms with Crippen LogP contribution in [0.1, 0.15) is 22.6 Å². The first-order valence-electron chi connectivity index (χ1n) is 3.25. The number of nitriles is 1. The SMILES string of the molecule is N#CCCc1n[nH]nc1C(=O)O. The number of H-pyrrole nitrogens is 1. The highest BCUT2D eigenvalue weighted by Crippen LogP contribution is 2.03. The molecule has 0 aliphatic rings. The van der Waals surface area contributed by atoms with Crippen LogP contribution in [-0.2, 0) is 6.42 Å². The van der Waals surface area contributed by atoms with Gasteiger partial charge in [-0.3, -0.25) is 0 Å². The van der Waals surface area contributed by atoms with E-state index in [0.717, 1.165) is 0 Å². The van der Waals surface area contributed by atoms with Crippen molar-refractivity contribution in [3.05, 3.63) is 11.4 Å². The number of carboxylic acids is 1. The summed E-state index contributed by atoms with van der Waals surface area (Å²) in [6.45, 7) is 0. The topological polar surface area (TPSA) is 103 Å². The summed E-state index contributed by atoms with van der Waals surface area (Å²) in [7, 11) is 0. The summed E-state index contributed by atoms with van der Waals surface area (Å²) in [6, 6.07) is 1.90. The van der Waals surface area contributed by atoms with Gasteiger partial charge < -0.3 is 5.11 Å². The summed E-state index contributed by atoms with van der Waals surface area (Å²) in [6.07, 6.45) is 0.557. The average Bonchev–Trinajstić information content (AvgIpc) is 2.48. The number of aromatic amines is 1. The van der Waals surface area contributed by atoms with Gasteiger partial charge in [-0.15, -0.1) is 5.10 Å². The number of carboxylic acid groups (broad SMARTS) is 1. The predicted molar refractivity (Wildman–Crippen MR) is 37.3 cm³/mol. The lowest BCUT2D eigenvalue weighted by Crippen LogP contribution is -2.01. The monoisotopic (exact) mass is 166 g/mol. The smallest absolute Gasteiger partial charge is 0.358 e. The van der Waals surface area contributed by atoms with Crippen molar-refractivity contribution in [2.45, 2.75) is 12.8 Å². The van der Waals surface area contributed by atoms with Gasteiger partial charge in [-0.1, -0.05) is 0 Å². The molecule has 0 aliphatic heterocycles. The maximum Gasteiger partial charge on any atom is 0.358 e. The highest BCUT2D eigenvalue weighted by molar-refractivity contribution is 5.86. The molecule has 0 amide bonds. The van der Waals surface area contributed by atoms with Crippen molar-refractivity contribution in [3.63, 3.8) is 0 Å². The second-order valence-electron chi connectivity index (χ2n) is 2.08. The Balaban J connectivity index is 2.79. The van der Waals surface area contributed by atoms with E-state index in [-0.39, 0.29) is 12.1 Å². The zero-order valence-corrected chi connectivity index (χ0v) is 6.11. The number of carbonyl (C=O) groups is 1. The summed E-state index contributed by atoms with van der Waals surface area (Å²) in [5.41, 5.74) is 0.217. The van der Waals surface area contributed by atoms with E-state index in [1.54, 1.807) is 0 Å². The molecule has 1 aromatic heterocycles. The Morgan fingerprint density at radius 1 is 1.67 bits per heavy atom. The molecular formula is C6H6N4O2. The first-order chi connectivity index (χ1) is 5.75. The number of hydrogen-bond acceptors (Lipinski definition) is 4. The van der Waals surface area contributed by atoms with E-state index in [4.69, 9.17) is 10.4 Å². The lowest BCUT2D eigenvalue weighted by Gasteiger charge is -1.89.